The van der Waals surface area contributed by atoms with E-state index in [1.54, 1.807) is 0 Å². The van der Waals surface area contributed by atoms with Gasteiger partial charge >= 0.3 is 12.3 Å². The SMILES string of the molecule is CC(=O)c1ccc(OCCOCCOCCNC(=O)O)cc1C(F)(F)F. The summed E-state index contributed by atoms with van der Waals surface area (Å²) in [4.78, 5) is 21.4. The van der Waals surface area contributed by atoms with Crippen LogP contribution in [0.2, 0.25) is 0 Å². The second kappa shape index (κ2) is 10.6. The molecule has 0 saturated carbocycles. The van der Waals surface area contributed by atoms with Crippen LogP contribution < -0.4 is 10.1 Å². The molecule has 1 aromatic carbocycles. The molecule has 0 bridgehead atoms. The number of Topliss-reactive ketones (excluding diaryl/α,β-unsaturated/α-hetero) is 1. The second-order valence-corrected chi connectivity index (χ2v) is 5.07. The number of alkyl halides is 3. The van der Waals surface area contributed by atoms with Crippen molar-refractivity contribution in [3.63, 3.8) is 0 Å². The van der Waals surface area contributed by atoms with Crippen molar-refractivity contribution in [3.8, 4) is 5.75 Å². The molecule has 0 fully saturated rings. The van der Waals surface area contributed by atoms with E-state index >= 15 is 0 Å². The molecule has 0 unspecified atom stereocenters. The van der Waals surface area contributed by atoms with Gasteiger partial charge in [0.2, 0.25) is 0 Å². The van der Waals surface area contributed by atoms with Crippen molar-refractivity contribution in [2.45, 2.75) is 13.1 Å². The lowest BCUT2D eigenvalue weighted by Crippen LogP contribution is -2.25. The first-order chi connectivity index (χ1) is 12.2. The average molecular weight is 379 g/mol. The Morgan fingerprint density at radius 1 is 1.08 bits per heavy atom. The fourth-order valence-corrected chi connectivity index (χ4v) is 1.93. The molecule has 146 valence electrons. The van der Waals surface area contributed by atoms with Crippen molar-refractivity contribution in [2.24, 2.45) is 0 Å². The molecule has 0 heterocycles. The minimum absolute atomic E-state index is 0.0121. The van der Waals surface area contributed by atoms with Gasteiger partial charge < -0.3 is 24.6 Å². The first kappa shape index (κ1) is 21.7. The zero-order valence-electron chi connectivity index (χ0n) is 14.1. The maximum absolute atomic E-state index is 13.0. The first-order valence-electron chi connectivity index (χ1n) is 7.69. The van der Waals surface area contributed by atoms with Gasteiger partial charge in [0.25, 0.3) is 0 Å². The van der Waals surface area contributed by atoms with Gasteiger partial charge in [-0.25, -0.2) is 4.79 Å². The number of amides is 1. The number of carboxylic acid groups (broad SMARTS) is 1. The molecule has 0 atom stereocenters. The van der Waals surface area contributed by atoms with E-state index in [9.17, 15) is 22.8 Å². The van der Waals surface area contributed by atoms with Crippen molar-refractivity contribution in [1.82, 2.24) is 5.32 Å². The molecular weight excluding hydrogens is 359 g/mol. The van der Waals surface area contributed by atoms with Crippen LogP contribution in [0, 0.1) is 0 Å². The standard InChI is InChI=1S/C16H20F3NO6/c1-11(21)13-3-2-12(10-14(13)16(17,18)19)26-9-8-25-7-6-24-5-4-20-15(22)23/h2-3,10,20H,4-9H2,1H3,(H,22,23). The molecule has 0 aliphatic heterocycles. The molecule has 0 saturated heterocycles. The largest absolute Gasteiger partial charge is 0.491 e. The summed E-state index contributed by atoms with van der Waals surface area (Å²) < 4.78 is 54.4. The van der Waals surface area contributed by atoms with Gasteiger partial charge in [0.15, 0.2) is 5.78 Å². The van der Waals surface area contributed by atoms with Gasteiger partial charge in [-0.05, 0) is 25.1 Å². The molecular formula is C16H20F3NO6. The van der Waals surface area contributed by atoms with Crippen LogP contribution in [-0.4, -0.2) is 56.6 Å². The molecule has 7 nitrogen and oxygen atoms in total. The van der Waals surface area contributed by atoms with Crippen molar-refractivity contribution in [3.05, 3.63) is 29.3 Å². The van der Waals surface area contributed by atoms with Crippen molar-refractivity contribution in [2.75, 3.05) is 39.6 Å². The van der Waals surface area contributed by atoms with Crippen LogP contribution in [-0.2, 0) is 15.7 Å². The van der Waals surface area contributed by atoms with Crippen molar-refractivity contribution >= 4 is 11.9 Å². The molecule has 10 heteroatoms. The van der Waals surface area contributed by atoms with Gasteiger partial charge in [0, 0.05) is 12.1 Å². The van der Waals surface area contributed by atoms with E-state index in [2.05, 4.69) is 5.32 Å². The maximum Gasteiger partial charge on any atom is 0.417 e. The molecule has 1 aromatic rings. The fraction of sp³-hybridized carbons (Fsp3) is 0.500. The number of benzene rings is 1. The smallest absolute Gasteiger partial charge is 0.417 e. The molecule has 0 spiro atoms. The Morgan fingerprint density at radius 2 is 1.69 bits per heavy atom. The number of carbonyl (C=O) groups is 2. The first-order valence-corrected chi connectivity index (χ1v) is 7.69. The lowest BCUT2D eigenvalue weighted by Gasteiger charge is -2.13. The summed E-state index contributed by atoms with van der Waals surface area (Å²) in [6, 6.07) is 3.17. The summed E-state index contributed by atoms with van der Waals surface area (Å²) in [7, 11) is 0. The Bertz CT molecular complexity index is 606. The minimum Gasteiger partial charge on any atom is -0.491 e. The van der Waals surface area contributed by atoms with E-state index in [1.165, 1.54) is 6.07 Å². The van der Waals surface area contributed by atoms with Crippen LogP contribution >= 0.6 is 0 Å². The Morgan fingerprint density at radius 3 is 2.27 bits per heavy atom. The van der Waals surface area contributed by atoms with Crippen LogP contribution in [0.4, 0.5) is 18.0 Å². The Balaban J connectivity index is 2.29. The molecule has 1 amide bonds. The number of nitrogens with one attached hydrogen (secondary N) is 1. The lowest BCUT2D eigenvalue weighted by molar-refractivity contribution is -0.138. The third-order valence-corrected chi connectivity index (χ3v) is 3.07. The minimum atomic E-state index is -4.65. The summed E-state index contributed by atoms with van der Waals surface area (Å²) >= 11 is 0. The Kier molecular flexibility index (Phi) is 8.86. The summed E-state index contributed by atoms with van der Waals surface area (Å²) in [5, 5.41) is 10.5. The van der Waals surface area contributed by atoms with Crippen LogP contribution in [0.5, 0.6) is 5.75 Å². The van der Waals surface area contributed by atoms with E-state index < -0.39 is 29.2 Å². The average Bonchev–Trinajstić information content (AvgIpc) is 2.55. The van der Waals surface area contributed by atoms with Crippen LogP contribution in [0.25, 0.3) is 0 Å². The predicted molar refractivity (Wildman–Crippen MR) is 84.6 cm³/mol. The van der Waals surface area contributed by atoms with Gasteiger partial charge in [-0.15, -0.1) is 0 Å². The summed E-state index contributed by atoms with van der Waals surface area (Å²) in [6.07, 6.45) is -5.78. The number of ketones is 1. The molecule has 0 aromatic heterocycles. The van der Waals surface area contributed by atoms with E-state index in [0.717, 1.165) is 19.1 Å². The molecule has 0 aliphatic rings. The van der Waals surface area contributed by atoms with Crippen LogP contribution in [0.15, 0.2) is 18.2 Å². The third-order valence-electron chi connectivity index (χ3n) is 3.07. The monoisotopic (exact) mass is 379 g/mol. The summed E-state index contributed by atoms with van der Waals surface area (Å²) in [6.45, 7) is 2.06. The van der Waals surface area contributed by atoms with E-state index in [4.69, 9.17) is 19.3 Å². The zero-order valence-corrected chi connectivity index (χ0v) is 14.1. The number of ether oxygens (including phenoxy) is 3. The molecule has 0 radical (unpaired) electrons. The van der Waals surface area contributed by atoms with Gasteiger partial charge in [-0.1, -0.05) is 0 Å². The number of hydrogen-bond donors (Lipinski definition) is 2. The van der Waals surface area contributed by atoms with Gasteiger partial charge in [-0.3, -0.25) is 4.79 Å². The molecule has 0 aliphatic carbocycles. The van der Waals surface area contributed by atoms with Crippen molar-refractivity contribution < 1.29 is 42.1 Å². The molecule has 1 rings (SSSR count). The highest BCUT2D eigenvalue weighted by Gasteiger charge is 2.34. The van der Waals surface area contributed by atoms with E-state index in [-0.39, 0.29) is 45.3 Å². The quantitative estimate of drug-likeness (QED) is 0.453. The van der Waals surface area contributed by atoms with Gasteiger partial charge in [0.05, 0.1) is 32.0 Å². The molecule has 2 N–H and O–H groups in total. The van der Waals surface area contributed by atoms with Crippen LogP contribution in [0.3, 0.4) is 0 Å². The second-order valence-electron chi connectivity index (χ2n) is 5.07. The van der Waals surface area contributed by atoms with E-state index in [1.807, 2.05) is 0 Å². The summed E-state index contributed by atoms with van der Waals surface area (Å²) in [5.41, 5.74) is -1.44. The highest BCUT2D eigenvalue weighted by molar-refractivity contribution is 5.95. The lowest BCUT2D eigenvalue weighted by atomic mass is 10.0. The topological polar surface area (TPSA) is 94.1 Å². The number of rotatable bonds is 11. The number of halogens is 3. The Labute approximate surface area is 148 Å². The highest BCUT2D eigenvalue weighted by atomic mass is 19.4. The zero-order chi connectivity index (χ0) is 19.6. The maximum atomic E-state index is 13.0. The fourth-order valence-electron chi connectivity index (χ4n) is 1.93. The number of hydrogen-bond acceptors (Lipinski definition) is 5. The van der Waals surface area contributed by atoms with Gasteiger partial charge in [-0.2, -0.15) is 13.2 Å². The Hall–Kier alpha value is -2.33. The summed E-state index contributed by atoms with van der Waals surface area (Å²) in [5.74, 6) is -0.687. The van der Waals surface area contributed by atoms with E-state index in [0.29, 0.717) is 0 Å². The number of carbonyl (C=O) groups excluding carboxylic acids is 1. The van der Waals surface area contributed by atoms with Gasteiger partial charge in [0.1, 0.15) is 12.4 Å². The predicted octanol–water partition coefficient (Wildman–Crippen LogP) is 2.59. The highest BCUT2D eigenvalue weighted by Crippen LogP contribution is 2.34. The van der Waals surface area contributed by atoms with Crippen molar-refractivity contribution in [1.29, 1.82) is 0 Å². The van der Waals surface area contributed by atoms with Crippen LogP contribution in [0.1, 0.15) is 22.8 Å². The molecule has 26 heavy (non-hydrogen) atoms. The normalized spacial score (nSPS) is 11.2. The third kappa shape index (κ3) is 8.17.